The van der Waals surface area contributed by atoms with Crippen LogP contribution in [0, 0.1) is 5.92 Å². The molecule has 0 bridgehead atoms. The fourth-order valence-electron chi connectivity index (χ4n) is 3.12. The Morgan fingerprint density at radius 2 is 2.00 bits per heavy atom. The molecule has 2 aliphatic rings. The predicted octanol–water partition coefficient (Wildman–Crippen LogP) is 2.29. The molecule has 24 heavy (non-hydrogen) atoms. The van der Waals surface area contributed by atoms with Crippen molar-refractivity contribution in [3.63, 3.8) is 0 Å². The van der Waals surface area contributed by atoms with Gasteiger partial charge in [-0.05, 0) is 30.0 Å². The molecule has 0 spiro atoms. The normalized spacial score (nSPS) is 26.0. The van der Waals surface area contributed by atoms with Gasteiger partial charge in [0, 0.05) is 37.7 Å². The van der Waals surface area contributed by atoms with Gasteiger partial charge < -0.3 is 15.4 Å². The Morgan fingerprint density at radius 3 is 2.58 bits per heavy atom. The lowest BCUT2D eigenvalue weighted by atomic mass is 10.0. The van der Waals surface area contributed by atoms with Gasteiger partial charge in [-0.3, -0.25) is 9.89 Å². The number of nitrogens with one attached hydrogen (secondary N) is 2. The topological polar surface area (TPSA) is 48.9 Å². The fourth-order valence-corrected chi connectivity index (χ4v) is 3.24. The van der Waals surface area contributed by atoms with E-state index in [1.165, 1.54) is 12.0 Å². The van der Waals surface area contributed by atoms with Crippen molar-refractivity contribution < 1.29 is 4.74 Å². The Kier molecular flexibility index (Phi) is 5.98. The van der Waals surface area contributed by atoms with Crippen molar-refractivity contribution in [2.45, 2.75) is 25.4 Å². The quantitative estimate of drug-likeness (QED) is 0.632. The second-order valence-electron chi connectivity index (χ2n) is 6.63. The lowest BCUT2D eigenvalue weighted by molar-refractivity contribution is 0.0170. The number of rotatable bonds is 5. The highest BCUT2D eigenvalue weighted by atomic mass is 35.5. The number of morpholine rings is 1. The number of aliphatic imine (C=N–C) groups is 1. The zero-order chi connectivity index (χ0) is 16.9. The monoisotopic (exact) mass is 350 g/mol. The number of halogens is 1. The fraction of sp³-hybridized carbons (Fsp3) is 0.611. The van der Waals surface area contributed by atoms with Gasteiger partial charge in [0.15, 0.2) is 5.96 Å². The molecule has 1 aromatic rings. The number of ether oxygens (including phenoxy) is 1. The number of hydrogen-bond donors (Lipinski definition) is 2. The van der Waals surface area contributed by atoms with Crippen LogP contribution in [0.15, 0.2) is 29.3 Å². The first-order valence-electron chi connectivity index (χ1n) is 8.72. The lowest BCUT2D eigenvalue weighted by Gasteiger charge is -2.35. The van der Waals surface area contributed by atoms with Gasteiger partial charge in [0.05, 0.1) is 19.3 Å². The molecule has 1 aliphatic heterocycles. The number of guanidine groups is 1. The zero-order valence-corrected chi connectivity index (χ0v) is 15.2. The summed E-state index contributed by atoms with van der Waals surface area (Å²) in [6.45, 7) is 6.53. The van der Waals surface area contributed by atoms with Gasteiger partial charge in [-0.25, -0.2) is 0 Å². The third-order valence-electron chi connectivity index (χ3n) is 4.86. The molecule has 2 fully saturated rings. The van der Waals surface area contributed by atoms with E-state index in [4.69, 9.17) is 16.3 Å². The van der Waals surface area contributed by atoms with Gasteiger partial charge in [0.1, 0.15) is 0 Å². The maximum absolute atomic E-state index is 6.05. The Balaban J connectivity index is 1.65. The molecule has 0 radical (unpaired) electrons. The summed E-state index contributed by atoms with van der Waals surface area (Å²) in [4.78, 5) is 6.82. The summed E-state index contributed by atoms with van der Waals surface area (Å²) in [6.07, 6.45) is 1.23. The van der Waals surface area contributed by atoms with Gasteiger partial charge >= 0.3 is 0 Å². The third-order valence-corrected chi connectivity index (χ3v) is 5.11. The first kappa shape index (κ1) is 17.5. The van der Waals surface area contributed by atoms with Crippen LogP contribution in [0.4, 0.5) is 0 Å². The minimum atomic E-state index is 0.279. The van der Waals surface area contributed by atoms with E-state index < -0.39 is 0 Å². The zero-order valence-electron chi connectivity index (χ0n) is 14.5. The van der Waals surface area contributed by atoms with Crippen LogP contribution in [0.3, 0.4) is 0 Å². The molecule has 0 amide bonds. The van der Waals surface area contributed by atoms with Crippen LogP contribution < -0.4 is 10.6 Å². The van der Waals surface area contributed by atoms with Crippen LogP contribution in [0.1, 0.15) is 24.9 Å². The molecule has 3 unspecified atom stereocenters. The summed E-state index contributed by atoms with van der Waals surface area (Å²) in [7, 11) is 1.83. The van der Waals surface area contributed by atoms with Gasteiger partial charge in [-0.1, -0.05) is 30.7 Å². The molecule has 1 saturated heterocycles. The molecule has 1 aromatic carbocycles. The van der Waals surface area contributed by atoms with E-state index in [9.17, 15) is 0 Å². The molecule has 6 heteroatoms. The molecule has 1 heterocycles. The molecule has 1 saturated carbocycles. The van der Waals surface area contributed by atoms with Crippen molar-refractivity contribution in [1.82, 2.24) is 15.5 Å². The third kappa shape index (κ3) is 4.62. The van der Waals surface area contributed by atoms with Crippen molar-refractivity contribution in [3.05, 3.63) is 34.9 Å². The smallest absolute Gasteiger partial charge is 0.191 e. The molecule has 5 nitrogen and oxygen atoms in total. The molecule has 132 valence electrons. The van der Waals surface area contributed by atoms with Crippen LogP contribution in [-0.4, -0.2) is 56.8 Å². The largest absolute Gasteiger partial charge is 0.379 e. The van der Waals surface area contributed by atoms with Crippen molar-refractivity contribution in [2.24, 2.45) is 10.9 Å². The highest BCUT2D eigenvalue weighted by Gasteiger charge is 2.33. The summed E-state index contributed by atoms with van der Waals surface area (Å²) in [5, 5.41) is 7.75. The first-order valence-corrected chi connectivity index (χ1v) is 9.09. The average molecular weight is 351 g/mol. The van der Waals surface area contributed by atoms with E-state index in [2.05, 4.69) is 39.6 Å². The average Bonchev–Trinajstić information content (AvgIpc) is 3.31. The Morgan fingerprint density at radius 1 is 1.33 bits per heavy atom. The van der Waals surface area contributed by atoms with Crippen LogP contribution in [0.25, 0.3) is 0 Å². The van der Waals surface area contributed by atoms with Gasteiger partial charge in [-0.2, -0.15) is 0 Å². The minimum Gasteiger partial charge on any atom is -0.379 e. The summed E-state index contributed by atoms with van der Waals surface area (Å²) >= 11 is 6.05. The van der Waals surface area contributed by atoms with Crippen LogP contribution in [0.2, 0.25) is 5.02 Å². The summed E-state index contributed by atoms with van der Waals surface area (Å²) in [5.41, 5.74) is 1.27. The van der Waals surface area contributed by atoms with E-state index in [-0.39, 0.29) is 6.04 Å². The van der Waals surface area contributed by atoms with Gasteiger partial charge in [0.25, 0.3) is 0 Å². The minimum absolute atomic E-state index is 0.279. The van der Waals surface area contributed by atoms with Crippen LogP contribution in [0.5, 0.6) is 0 Å². The molecule has 2 N–H and O–H groups in total. The number of hydrogen-bond acceptors (Lipinski definition) is 3. The lowest BCUT2D eigenvalue weighted by Crippen LogP contribution is -2.46. The van der Waals surface area contributed by atoms with Crippen molar-refractivity contribution in [2.75, 3.05) is 39.9 Å². The molecule has 3 atom stereocenters. The van der Waals surface area contributed by atoms with Crippen LogP contribution in [-0.2, 0) is 4.74 Å². The number of nitrogens with zero attached hydrogens (tertiary/aromatic N) is 2. The van der Waals surface area contributed by atoms with Gasteiger partial charge in [-0.15, -0.1) is 0 Å². The highest BCUT2D eigenvalue weighted by molar-refractivity contribution is 6.30. The Labute approximate surface area is 149 Å². The Hall–Kier alpha value is -1.30. The van der Waals surface area contributed by atoms with E-state index in [0.717, 1.165) is 49.7 Å². The SMILES string of the molecule is CN=C(NCC(c1ccc(Cl)cc1)N1CCOCC1)NC1CC1C. The predicted molar refractivity (Wildman–Crippen MR) is 98.7 cm³/mol. The summed E-state index contributed by atoms with van der Waals surface area (Å²) < 4.78 is 5.51. The van der Waals surface area contributed by atoms with Crippen molar-refractivity contribution >= 4 is 17.6 Å². The molecular weight excluding hydrogens is 324 g/mol. The van der Waals surface area contributed by atoms with Gasteiger partial charge in [0.2, 0.25) is 0 Å². The highest BCUT2D eigenvalue weighted by Crippen LogP contribution is 2.29. The standard InChI is InChI=1S/C18H27ClN4O/c1-13-11-16(13)22-18(20-2)21-12-17(23-7-9-24-10-8-23)14-3-5-15(19)6-4-14/h3-6,13,16-17H,7-12H2,1-2H3,(H2,20,21,22). The molecule has 0 aromatic heterocycles. The second-order valence-corrected chi connectivity index (χ2v) is 7.07. The van der Waals surface area contributed by atoms with Crippen molar-refractivity contribution in [3.8, 4) is 0 Å². The Bertz CT molecular complexity index is 557. The maximum atomic E-state index is 6.05. The molecule has 1 aliphatic carbocycles. The van der Waals surface area contributed by atoms with E-state index in [1.54, 1.807) is 0 Å². The van der Waals surface area contributed by atoms with E-state index in [0.29, 0.717) is 6.04 Å². The number of benzene rings is 1. The maximum Gasteiger partial charge on any atom is 0.191 e. The van der Waals surface area contributed by atoms with E-state index >= 15 is 0 Å². The molecule has 3 rings (SSSR count). The molecular formula is C18H27ClN4O. The first-order chi connectivity index (χ1) is 11.7. The summed E-state index contributed by atoms with van der Waals surface area (Å²) in [5.74, 6) is 1.63. The summed E-state index contributed by atoms with van der Waals surface area (Å²) in [6, 6.07) is 8.99. The second kappa shape index (κ2) is 8.19. The van der Waals surface area contributed by atoms with E-state index in [1.807, 2.05) is 19.2 Å². The van der Waals surface area contributed by atoms with Crippen molar-refractivity contribution in [1.29, 1.82) is 0 Å². The van der Waals surface area contributed by atoms with Crippen LogP contribution >= 0.6 is 11.6 Å².